The number of hydrogen-bond acceptors (Lipinski definition) is 4. The van der Waals surface area contributed by atoms with Crippen molar-refractivity contribution in [2.24, 2.45) is 0 Å². The maximum Gasteiger partial charge on any atom is 0.451 e. The van der Waals surface area contributed by atoms with Crippen LogP contribution >= 0.6 is 0 Å². The number of Topliss-reactive ketones (excluding diaryl/α,β-unsaturated/α-hetero) is 1. The van der Waals surface area contributed by atoms with E-state index in [0.29, 0.717) is 12.2 Å². The fourth-order valence-corrected chi connectivity index (χ4v) is 2.34. The first-order valence-corrected chi connectivity index (χ1v) is 6.33. The van der Waals surface area contributed by atoms with Crippen molar-refractivity contribution in [1.82, 2.24) is 24.6 Å². The third-order valence-electron chi connectivity index (χ3n) is 3.35. The number of carbonyl (C=O) groups is 1. The zero-order valence-corrected chi connectivity index (χ0v) is 10.9. The molecule has 2 aromatic heterocycles. The zero-order chi connectivity index (χ0) is 15.0. The highest BCUT2D eigenvalue weighted by Gasteiger charge is 2.39. The van der Waals surface area contributed by atoms with Crippen LogP contribution in [0.3, 0.4) is 0 Å². The molecule has 6 nitrogen and oxygen atoms in total. The van der Waals surface area contributed by atoms with Gasteiger partial charge in [-0.3, -0.25) is 9.69 Å². The van der Waals surface area contributed by atoms with Crippen molar-refractivity contribution in [2.45, 2.75) is 19.3 Å². The predicted octanol–water partition coefficient (Wildman–Crippen LogP) is 1.32. The number of aromatic nitrogens is 4. The third-order valence-corrected chi connectivity index (χ3v) is 3.35. The average Bonchev–Trinajstić information content (AvgIpc) is 3.06. The Morgan fingerprint density at radius 3 is 2.81 bits per heavy atom. The van der Waals surface area contributed by atoms with E-state index < -0.39 is 12.0 Å². The largest absolute Gasteiger partial charge is 0.451 e. The SMILES string of the molecule is O=C(CN1CCn2c(nnc2C(F)(F)F)C1)c1ccc[nH]1. The van der Waals surface area contributed by atoms with Gasteiger partial charge in [0, 0.05) is 19.3 Å². The molecule has 0 spiro atoms. The first-order chi connectivity index (χ1) is 9.95. The molecule has 0 aliphatic carbocycles. The van der Waals surface area contributed by atoms with Crippen LogP contribution in [0.2, 0.25) is 0 Å². The summed E-state index contributed by atoms with van der Waals surface area (Å²) < 4.78 is 39.2. The molecular formula is C12H12F3N5O. The van der Waals surface area contributed by atoms with Gasteiger partial charge in [0.05, 0.1) is 18.8 Å². The fraction of sp³-hybridized carbons (Fsp3) is 0.417. The van der Waals surface area contributed by atoms with Gasteiger partial charge in [-0.05, 0) is 12.1 Å². The van der Waals surface area contributed by atoms with E-state index >= 15 is 0 Å². The molecule has 0 fully saturated rings. The van der Waals surface area contributed by atoms with Crippen molar-refractivity contribution in [3.63, 3.8) is 0 Å². The second kappa shape index (κ2) is 4.99. The van der Waals surface area contributed by atoms with Crippen LogP contribution in [0.5, 0.6) is 0 Å². The maximum absolute atomic E-state index is 12.7. The van der Waals surface area contributed by atoms with Crippen LogP contribution in [0.25, 0.3) is 0 Å². The van der Waals surface area contributed by atoms with Gasteiger partial charge in [-0.25, -0.2) is 0 Å². The fourth-order valence-electron chi connectivity index (χ4n) is 2.34. The van der Waals surface area contributed by atoms with E-state index in [1.165, 1.54) is 0 Å². The molecule has 0 atom stereocenters. The van der Waals surface area contributed by atoms with Gasteiger partial charge < -0.3 is 9.55 Å². The maximum atomic E-state index is 12.7. The normalized spacial score (nSPS) is 16.0. The van der Waals surface area contributed by atoms with Crippen LogP contribution in [0, 0.1) is 0 Å². The Labute approximate surface area is 117 Å². The predicted molar refractivity (Wildman–Crippen MR) is 65.4 cm³/mol. The van der Waals surface area contributed by atoms with E-state index in [2.05, 4.69) is 15.2 Å². The first-order valence-electron chi connectivity index (χ1n) is 6.33. The van der Waals surface area contributed by atoms with Crippen LogP contribution in [-0.4, -0.2) is 43.5 Å². The topological polar surface area (TPSA) is 66.8 Å². The van der Waals surface area contributed by atoms with E-state index in [0.717, 1.165) is 4.57 Å². The Morgan fingerprint density at radius 2 is 2.14 bits per heavy atom. The Morgan fingerprint density at radius 1 is 1.33 bits per heavy atom. The standard InChI is InChI=1S/C12H12F3N5O/c13-12(14,15)11-18-17-10-7-19(4-5-20(10)11)6-9(21)8-2-1-3-16-8/h1-3,16H,4-7H2. The number of rotatable bonds is 3. The molecule has 1 N–H and O–H groups in total. The van der Waals surface area contributed by atoms with E-state index in [4.69, 9.17) is 0 Å². The smallest absolute Gasteiger partial charge is 0.359 e. The number of ketones is 1. The molecule has 3 heterocycles. The van der Waals surface area contributed by atoms with E-state index in [-0.39, 0.29) is 31.2 Å². The monoisotopic (exact) mass is 299 g/mol. The van der Waals surface area contributed by atoms with Gasteiger partial charge in [0.25, 0.3) is 0 Å². The summed E-state index contributed by atoms with van der Waals surface area (Å²) in [4.78, 5) is 16.5. The van der Waals surface area contributed by atoms with Crippen LogP contribution in [0.15, 0.2) is 18.3 Å². The van der Waals surface area contributed by atoms with Crippen LogP contribution in [0.1, 0.15) is 22.1 Å². The number of alkyl halides is 3. The van der Waals surface area contributed by atoms with Gasteiger partial charge in [-0.15, -0.1) is 10.2 Å². The number of halogens is 3. The Balaban J connectivity index is 1.71. The van der Waals surface area contributed by atoms with Crippen molar-refractivity contribution in [3.8, 4) is 0 Å². The minimum absolute atomic E-state index is 0.107. The number of H-pyrrole nitrogens is 1. The molecule has 9 heteroatoms. The molecular weight excluding hydrogens is 287 g/mol. The summed E-state index contributed by atoms with van der Waals surface area (Å²) >= 11 is 0. The molecule has 1 aliphatic rings. The number of carbonyl (C=O) groups excluding carboxylic acids is 1. The zero-order valence-electron chi connectivity index (χ0n) is 10.9. The highest BCUT2D eigenvalue weighted by Crippen LogP contribution is 2.29. The molecule has 21 heavy (non-hydrogen) atoms. The van der Waals surface area contributed by atoms with Gasteiger partial charge in [0.2, 0.25) is 5.82 Å². The number of nitrogens with zero attached hydrogens (tertiary/aromatic N) is 4. The molecule has 1 aliphatic heterocycles. The van der Waals surface area contributed by atoms with Gasteiger partial charge in [0.1, 0.15) is 5.82 Å². The second-order valence-corrected chi connectivity index (χ2v) is 4.81. The van der Waals surface area contributed by atoms with Gasteiger partial charge in [0.15, 0.2) is 5.78 Å². The first kappa shape index (κ1) is 13.8. The lowest BCUT2D eigenvalue weighted by molar-refractivity contribution is -0.148. The molecule has 3 rings (SSSR count). The van der Waals surface area contributed by atoms with Crippen molar-refractivity contribution >= 4 is 5.78 Å². The van der Waals surface area contributed by atoms with E-state index in [1.54, 1.807) is 23.2 Å². The number of hydrogen-bond donors (Lipinski definition) is 1. The summed E-state index contributed by atoms with van der Waals surface area (Å²) in [5.41, 5.74) is 0.484. The number of nitrogens with one attached hydrogen (secondary N) is 1. The summed E-state index contributed by atoms with van der Waals surface area (Å²) in [6, 6.07) is 3.38. The number of fused-ring (bicyclic) bond motifs is 1. The minimum atomic E-state index is -4.51. The Hall–Kier alpha value is -2.16. The van der Waals surface area contributed by atoms with Crippen LogP contribution in [-0.2, 0) is 19.3 Å². The molecule has 0 saturated heterocycles. The lowest BCUT2D eigenvalue weighted by Gasteiger charge is -2.27. The summed E-state index contributed by atoms with van der Waals surface area (Å²) in [5.74, 6) is -0.857. The van der Waals surface area contributed by atoms with Gasteiger partial charge >= 0.3 is 6.18 Å². The molecule has 0 bridgehead atoms. The lowest BCUT2D eigenvalue weighted by Crippen LogP contribution is -2.38. The second-order valence-electron chi connectivity index (χ2n) is 4.81. The molecule has 0 saturated carbocycles. The highest BCUT2D eigenvalue weighted by molar-refractivity contribution is 5.95. The van der Waals surface area contributed by atoms with Crippen molar-refractivity contribution in [3.05, 3.63) is 35.7 Å². The highest BCUT2D eigenvalue weighted by atomic mass is 19.4. The molecule has 0 aromatic carbocycles. The van der Waals surface area contributed by atoms with Gasteiger partial charge in [-0.2, -0.15) is 13.2 Å². The summed E-state index contributed by atoms with van der Waals surface area (Å²) in [7, 11) is 0. The summed E-state index contributed by atoms with van der Waals surface area (Å²) in [6.45, 7) is 0.778. The summed E-state index contributed by atoms with van der Waals surface area (Å²) in [6.07, 6.45) is -2.86. The summed E-state index contributed by atoms with van der Waals surface area (Å²) in [5, 5.41) is 6.78. The van der Waals surface area contributed by atoms with Crippen LogP contribution < -0.4 is 0 Å². The van der Waals surface area contributed by atoms with Crippen molar-refractivity contribution in [1.29, 1.82) is 0 Å². The molecule has 0 radical (unpaired) electrons. The molecule has 2 aromatic rings. The van der Waals surface area contributed by atoms with Crippen molar-refractivity contribution < 1.29 is 18.0 Å². The van der Waals surface area contributed by atoms with Crippen molar-refractivity contribution in [2.75, 3.05) is 13.1 Å². The van der Waals surface area contributed by atoms with Crippen LogP contribution in [0.4, 0.5) is 13.2 Å². The molecule has 0 amide bonds. The average molecular weight is 299 g/mol. The molecule has 0 unspecified atom stereocenters. The quantitative estimate of drug-likeness (QED) is 0.868. The lowest BCUT2D eigenvalue weighted by atomic mass is 10.2. The van der Waals surface area contributed by atoms with Gasteiger partial charge in [-0.1, -0.05) is 0 Å². The van der Waals surface area contributed by atoms with E-state index in [1.807, 2.05) is 0 Å². The number of aromatic amines is 1. The third kappa shape index (κ3) is 2.68. The minimum Gasteiger partial charge on any atom is -0.359 e. The molecule has 112 valence electrons. The Bertz CT molecular complexity index is 646. The van der Waals surface area contributed by atoms with E-state index in [9.17, 15) is 18.0 Å². The Kier molecular flexibility index (Phi) is 3.28.